The molecule has 1 amide bonds. The van der Waals surface area contributed by atoms with Crippen molar-refractivity contribution in [3.63, 3.8) is 0 Å². The first kappa shape index (κ1) is 13.6. The van der Waals surface area contributed by atoms with Gasteiger partial charge in [0.2, 0.25) is 5.91 Å². The molecule has 4 rings (SSSR count). The minimum atomic E-state index is -0.453. The number of hydrogen-bond donors (Lipinski definition) is 1. The molecule has 2 unspecified atom stereocenters. The lowest BCUT2D eigenvalue weighted by molar-refractivity contribution is -0.120. The SMILES string of the molecule is O=C1Nc2ccccc2C12COC(CN1CCSCC1)C2. The Labute approximate surface area is 129 Å². The van der Waals surface area contributed by atoms with Crippen LogP contribution in [0.2, 0.25) is 0 Å². The second-order valence-electron chi connectivity index (χ2n) is 6.13. The van der Waals surface area contributed by atoms with Gasteiger partial charge >= 0.3 is 0 Å². The first-order chi connectivity index (χ1) is 10.3. The number of anilines is 1. The number of ether oxygens (including phenoxy) is 1. The number of carbonyl (C=O) groups excluding carboxylic acids is 1. The molecule has 2 fully saturated rings. The second kappa shape index (κ2) is 5.30. The van der Waals surface area contributed by atoms with E-state index in [1.165, 1.54) is 11.5 Å². The van der Waals surface area contributed by atoms with Gasteiger partial charge in [-0.25, -0.2) is 0 Å². The Bertz CT molecular complexity index is 559. The Hall–Kier alpha value is -1.04. The summed E-state index contributed by atoms with van der Waals surface area (Å²) in [6, 6.07) is 8.03. The van der Waals surface area contributed by atoms with Crippen LogP contribution in [-0.4, -0.2) is 54.7 Å². The average molecular weight is 304 g/mol. The molecule has 1 aromatic carbocycles. The molecule has 1 spiro atoms. The predicted octanol–water partition coefficient (Wildman–Crippen LogP) is 1.71. The fraction of sp³-hybridized carbons (Fsp3) is 0.562. The maximum Gasteiger partial charge on any atom is 0.237 e. The van der Waals surface area contributed by atoms with Crippen LogP contribution in [0.3, 0.4) is 0 Å². The molecular weight excluding hydrogens is 284 g/mol. The van der Waals surface area contributed by atoms with Crippen molar-refractivity contribution < 1.29 is 9.53 Å². The van der Waals surface area contributed by atoms with E-state index in [9.17, 15) is 4.79 Å². The second-order valence-corrected chi connectivity index (χ2v) is 7.36. The largest absolute Gasteiger partial charge is 0.375 e. The number of fused-ring (bicyclic) bond motifs is 2. The highest BCUT2D eigenvalue weighted by Crippen LogP contribution is 2.45. The van der Waals surface area contributed by atoms with Gasteiger partial charge in [0, 0.05) is 36.8 Å². The molecule has 3 heterocycles. The lowest BCUT2D eigenvalue weighted by Gasteiger charge is -2.28. The van der Waals surface area contributed by atoms with Crippen molar-refractivity contribution >= 4 is 23.4 Å². The van der Waals surface area contributed by atoms with Gasteiger partial charge in [-0.05, 0) is 18.1 Å². The van der Waals surface area contributed by atoms with Gasteiger partial charge < -0.3 is 10.1 Å². The Kier molecular flexibility index (Phi) is 3.44. The van der Waals surface area contributed by atoms with Crippen LogP contribution in [0.5, 0.6) is 0 Å². The predicted molar refractivity (Wildman–Crippen MR) is 84.9 cm³/mol. The summed E-state index contributed by atoms with van der Waals surface area (Å²) in [4.78, 5) is 15.0. The van der Waals surface area contributed by atoms with E-state index >= 15 is 0 Å². The molecule has 2 saturated heterocycles. The molecule has 2 atom stereocenters. The number of carbonyl (C=O) groups is 1. The lowest BCUT2D eigenvalue weighted by Crippen LogP contribution is -2.39. The Morgan fingerprint density at radius 1 is 1.33 bits per heavy atom. The summed E-state index contributed by atoms with van der Waals surface area (Å²) in [7, 11) is 0. The van der Waals surface area contributed by atoms with E-state index in [2.05, 4.69) is 16.3 Å². The Balaban J connectivity index is 1.51. The van der Waals surface area contributed by atoms with E-state index in [-0.39, 0.29) is 12.0 Å². The van der Waals surface area contributed by atoms with Gasteiger partial charge in [0.25, 0.3) is 0 Å². The smallest absolute Gasteiger partial charge is 0.237 e. The van der Waals surface area contributed by atoms with Gasteiger partial charge in [0.1, 0.15) is 5.41 Å². The monoisotopic (exact) mass is 304 g/mol. The van der Waals surface area contributed by atoms with Crippen molar-refractivity contribution in [1.82, 2.24) is 4.90 Å². The molecule has 3 aliphatic rings. The third-order valence-corrected chi connectivity index (χ3v) is 5.78. The number of amides is 1. The van der Waals surface area contributed by atoms with Crippen molar-refractivity contribution in [2.45, 2.75) is 17.9 Å². The highest BCUT2D eigenvalue weighted by atomic mass is 32.2. The van der Waals surface area contributed by atoms with Crippen molar-refractivity contribution in [3.8, 4) is 0 Å². The zero-order valence-corrected chi connectivity index (χ0v) is 12.8. The van der Waals surface area contributed by atoms with Crippen LogP contribution < -0.4 is 5.32 Å². The summed E-state index contributed by atoms with van der Waals surface area (Å²) in [5.74, 6) is 2.53. The van der Waals surface area contributed by atoms with E-state index < -0.39 is 5.41 Å². The zero-order valence-electron chi connectivity index (χ0n) is 12.0. The van der Waals surface area contributed by atoms with E-state index in [1.807, 2.05) is 30.0 Å². The van der Waals surface area contributed by atoms with Crippen molar-refractivity contribution in [1.29, 1.82) is 0 Å². The van der Waals surface area contributed by atoms with Gasteiger partial charge in [0.15, 0.2) is 0 Å². The number of hydrogen-bond acceptors (Lipinski definition) is 4. The van der Waals surface area contributed by atoms with Crippen LogP contribution in [0.25, 0.3) is 0 Å². The molecule has 0 radical (unpaired) electrons. The van der Waals surface area contributed by atoms with Crippen molar-refractivity contribution in [2.24, 2.45) is 0 Å². The first-order valence-electron chi connectivity index (χ1n) is 7.61. The maximum absolute atomic E-state index is 12.5. The number of nitrogens with zero attached hydrogens (tertiary/aromatic N) is 1. The van der Waals surface area contributed by atoms with E-state index in [1.54, 1.807) is 0 Å². The molecule has 5 heteroatoms. The fourth-order valence-electron chi connectivity index (χ4n) is 3.68. The topological polar surface area (TPSA) is 41.6 Å². The quantitative estimate of drug-likeness (QED) is 0.903. The molecule has 0 aliphatic carbocycles. The van der Waals surface area contributed by atoms with Crippen LogP contribution in [-0.2, 0) is 14.9 Å². The Morgan fingerprint density at radius 3 is 3.00 bits per heavy atom. The van der Waals surface area contributed by atoms with Crippen LogP contribution in [0.1, 0.15) is 12.0 Å². The van der Waals surface area contributed by atoms with E-state index in [0.717, 1.165) is 37.3 Å². The van der Waals surface area contributed by atoms with Gasteiger partial charge in [0.05, 0.1) is 12.7 Å². The van der Waals surface area contributed by atoms with Crippen molar-refractivity contribution in [2.75, 3.05) is 43.1 Å². The summed E-state index contributed by atoms with van der Waals surface area (Å²) in [6.07, 6.45) is 0.976. The van der Waals surface area contributed by atoms with Crippen LogP contribution in [0, 0.1) is 0 Å². The molecule has 0 saturated carbocycles. The number of thioether (sulfide) groups is 1. The van der Waals surface area contributed by atoms with Gasteiger partial charge in [-0.2, -0.15) is 11.8 Å². The minimum Gasteiger partial charge on any atom is -0.375 e. The average Bonchev–Trinajstić information content (AvgIpc) is 3.05. The highest BCUT2D eigenvalue weighted by molar-refractivity contribution is 7.99. The fourth-order valence-corrected chi connectivity index (χ4v) is 4.65. The molecule has 1 N–H and O–H groups in total. The molecule has 1 aromatic rings. The third kappa shape index (κ3) is 2.28. The normalized spacial score (nSPS) is 32.4. The molecule has 4 nitrogen and oxygen atoms in total. The van der Waals surface area contributed by atoms with Crippen molar-refractivity contribution in [3.05, 3.63) is 29.8 Å². The van der Waals surface area contributed by atoms with Crippen LogP contribution in [0.15, 0.2) is 24.3 Å². The summed E-state index contributed by atoms with van der Waals surface area (Å²) in [5, 5.41) is 3.02. The van der Waals surface area contributed by atoms with E-state index in [4.69, 9.17) is 4.74 Å². The number of para-hydroxylation sites is 1. The molecule has 3 aliphatic heterocycles. The standard InChI is InChI=1S/C16H20N2O2S/c19-15-16(13-3-1-2-4-14(13)17-15)9-12(20-11-16)10-18-5-7-21-8-6-18/h1-4,12H,5-11H2,(H,17,19). The number of rotatable bonds is 2. The summed E-state index contributed by atoms with van der Waals surface area (Å²) in [6.45, 7) is 3.75. The van der Waals surface area contributed by atoms with Crippen LogP contribution >= 0.6 is 11.8 Å². The lowest BCUT2D eigenvalue weighted by atomic mass is 9.79. The van der Waals surface area contributed by atoms with Gasteiger partial charge in [-0.15, -0.1) is 0 Å². The zero-order chi connectivity index (χ0) is 14.3. The van der Waals surface area contributed by atoms with Gasteiger partial charge in [-0.3, -0.25) is 9.69 Å². The molecule has 0 aromatic heterocycles. The molecular formula is C16H20N2O2S. The molecule has 21 heavy (non-hydrogen) atoms. The summed E-state index contributed by atoms with van der Waals surface area (Å²) < 4.78 is 6.01. The summed E-state index contributed by atoms with van der Waals surface area (Å²) in [5.41, 5.74) is 1.62. The summed E-state index contributed by atoms with van der Waals surface area (Å²) >= 11 is 2.02. The first-order valence-corrected chi connectivity index (χ1v) is 8.76. The van der Waals surface area contributed by atoms with Gasteiger partial charge in [-0.1, -0.05) is 18.2 Å². The third-order valence-electron chi connectivity index (χ3n) is 4.83. The minimum absolute atomic E-state index is 0.111. The number of benzene rings is 1. The maximum atomic E-state index is 12.5. The highest BCUT2D eigenvalue weighted by Gasteiger charge is 2.52. The van der Waals surface area contributed by atoms with Crippen LogP contribution in [0.4, 0.5) is 5.69 Å². The van der Waals surface area contributed by atoms with E-state index in [0.29, 0.717) is 6.61 Å². The molecule has 0 bridgehead atoms. The molecule has 112 valence electrons. The Morgan fingerprint density at radius 2 is 2.14 bits per heavy atom. The number of nitrogens with one attached hydrogen (secondary N) is 1.